The highest BCUT2D eigenvalue weighted by atomic mass is 16.3. The number of aromatic hydroxyl groups is 1. The largest absolute Gasteiger partial charge is 0.508 e. The molecule has 0 fully saturated rings. The van der Waals surface area contributed by atoms with E-state index in [2.05, 4.69) is 10.3 Å². The van der Waals surface area contributed by atoms with Crippen molar-refractivity contribution in [3.8, 4) is 5.75 Å². The van der Waals surface area contributed by atoms with Crippen molar-refractivity contribution in [2.75, 3.05) is 0 Å². The van der Waals surface area contributed by atoms with Crippen molar-refractivity contribution >= 4 is 16.8 Å². The third-order valence-electron chi connectivity index (χ3n) is 3.29. The number of phenols is 1. The summed E-state index contributed by atoms with van der Waals surface area (Å²) in [6.45, 7) is 0.411. The monoisotopic (exact) mass is 278 g/mol. The van der Waals surface area contributed by atoms with Gasteiger partial charge in [0.25, 0.3) is 5.91 Å². The zero-order chi connectivity index (χ0) is 14.7. The van der Waals surface area contributed by atoms with Crippen molar-refractivity contribution in [3.05, 3.63) is 71.9 Å². The third kappa shape index (κ3) is 2.84. The minimum absolute atomic E-state index is 0.143. The van der Waals surface area contributed by atoms with Crippen molar-refractivity contribution in [3.63, 3.8) is 0 Å². The van der Waals surface area contributed by atoms with Crippen LogP contribution in [0.2, 0.25) is 0 Å². The smallest absolute Gasteiger partial charge is 0.251 e. The summed E-state index contributed by atoms with van der Waals surface area (Å²) in [5.74, 6) is -0.0345. The quantitative estimate of drug-likeness (QED) is 0.774. The molecule has 0 aliphatic carbocycles. The number of benzene rings is 2. The number of carbonyl (C=O) groups is 1. The summed E-state index contributed by atoms with van der Waals surface area (Å²) in [7, 11) is 0. The van der Waals surface area contributed by atoms with E-state index in [0.29, 0.717) is 12.1 Å². The zero-order valence-corrected chi connectivity index (χ0v) is 11.3. The second kappa shape index (κ2) is 5.63. The van der Waals surface area contributed by atoms with Crippen LogP contribution in [0.25, 0.3) is 10.9 Å². The van der Waals surface area contributed by atoms with Gasteiger partial charge in [-0.25, -0.2) is 0 Å². The number of hydrogen-bond acceptors (Lipinski definition) is 3. The standard InChI is InChI=1S/C17H14N2O2/c20-15-8-6-13(7-9-15)17(21)19-11-14-4-1-3-12-5-2-10-18-16(12)14/h1-10,20H,11H2,(H,19,21). The van der Waals surface area contributed by atoms with Crippen LogP contribution in [0.3, 0.4) is 0 Å². The lowest BCUT2D eigenvalue weighted by Gasteiger charge is -2.08. The number of rotatable bonds is 3. The molecule has 104 valence electrons. The van der Waals surface area contributed by atoms with E-state index in [1.54, 1.807) is 18.3 Å². The van der Waals surface area contributed by atoms with E-state index in [4.69, 9.17) is 0 Å². The number of amides is 1. The Labute approximate surface area is 122 Å². The summed E-state index contributed by atoms with van der Waals surface area (Å²) in [6, 6.07) is 15.9. The Kier molecular flexibility index (Phi) is 3.51. The van der Waals surface area contributed by atoms with Crippen LogP contribution >= 0.6 is 0 Å². The van der Waals surface area contributed by atoms with Crippen LogP contribution < -0.4 is 5.32 Å². The van der Waals surface area contributed by atoms with E-state index in [0.717, 1.165) is 16.5 Å². The average molecular weight is 278 g/mol. The topological polar surface area (TPSA) is 62.2 Å². The van der Waals surface area contributed by atoms with Gasteiger partial charge in [-0.1, -0.05) is 24.3 Å². The van der Waals surface area contributed by atoms with Crippen LogP contribution in [0.15, 0.2) is 60.8 Å². The van der Waals surface area contributed by atoms with Gasteiger partial charge < -0.3 is 10.4 Å². The summed E-state index contributed by atoms with van der Waals surface area (Å²) in [5, 5.41) is 13.1. The normalized spacial score (nSPS) is 10.5. The van der Waals surface area contributed by atoms with Gasteiger partial charge in [-0.3, -0.25) is 9.78 Å². The number of phenolic OH excluding ortho intramolecular Hbond substituents is 1. The highest BCUT2D eigenvalue weighted by Gasteiger charge is 2.07. The Bertz CT molecular complexity index is 777. The molecule has 2 aromatic carbocycles. The van der Waals surface area contributed by atoms with Gasteiger partial charge in [-0.2, -0.15) is 0 Å². The number of carbonyl (C=O) groups excluding carboxylic acids is 1. The maximum Gasteiger partial charge on any atom is 0.251 e. The number of fused-ring (bicyclic) bond motifs is 1. The molecule has 0 saturated heterocycles. The molecule has 4 nitrogen and oxygen atoms in total. The zero-order valence-electron chi connectivity index (χ0n) is 11.3. The SMILES string of the molecule is O=C(NCc1cccc2cccnc12)c1ccc(O)cc1. The lowest BCUT2D eigenvalue weighted by molar-refractivity contribution is 0.0951. The summed E-state index contributed by atoms with van der Waals surface area (Å²) < 4.78 is 0. The van der Waals surface area contributed by atoms with Gasteiger partial charge in [0.15, 0.2) is 0 Å². The first-order valence-corrected chi connectivity index (χ1v) is 6.64. The van der Waals surface area contributed by atoms with Gasteiger partial charge in [0.1, 0.15) is 5.75 Å². The molecular formula is C17H14N2O2. The fourth-order valence-electron chi connectivity index (χ4n) is 2.20. The molecule has 4 heteroatoms. The van der Waals surface area contributed by atoms with Crippen molar-refractivity contribution in [1.29, 1.82) is 0 Å². The van der Waals surface area contributed by atoms with Gasteiger partial charge in [0, 0.05) is 23.7 Å². The van der Waals surface area contributed by atoms with Crippen molar-refractivity contribution in [2.24, 2.45) is 0 Å². The Morgan fingerprint density at radius 3 is 2.62 bits per heavy atom. The van der Waals surface area contributed by atoms with Gasteiger partial charge >= 0.3 is 0 Å². The van der Waals surface area contributed by atoms with Crippen molar-refractivity contribution < 1.29 is 9.90 Å². The molecule has 0 saturated carbocycles. The molecule has 1 heterocycles. The first kappa shape index (κ1) is 13.1. The van der Waals surface area contributed by atoms with E-state index in [1.165, 1.54) is 12.1 Å². The molecule has 1 aromatic heterocycles. The molecule has 0 unspecified atom stereocenters. The van der Waals surface area contributed by atoms with Gasteiger partial charge in [-0.05, 0) is 35.9 Å². The minimum Gasteiger partial charge on any atom is -0.508 e. The number of nitrogens with one attached hydrogen (secondary N) is 1. The lowest BCUT2D eigenvalue weighted by Crippen LogP contribution is -2.22. The van der Waals surface area contributed by atoms with Crippen LogP contribution in [0.1, 0.15) is 15.9 Å². The van der Waals surface area contributed by atoms with Crippen LogP contribution in [0, 0.1) is 0 Å². The van der Waals surface area contributed by atoms with Crippen LogP contribution in [-0.2, 0) is 6.54 Å². The molecule has 21 heavy (non-hydrogen) atoms. The highest BCUT2D eigenvalue weighted by molar-refractivity contribution is 5.94. The van der Waals surface area contributed by atoms with Crippen LogP contribution in [-0.4, -0.2) is 16.0 Å². The molecule has 0 spiro atoms. The summed E-state index contributed by atoms with van der Waals surface area (Å²) in [6.07, 6.45) is 1.74. The second-order valence-corrected chi connectivity index (χ2v) is 4.72. The minimum atomic E-state index is -0.178. The van der Waals surface area contributed by atoms with E-state index < -0.39 is 0 Å². The Morgan fingerprint density at radius 2 is 1.81 bits per heavy atom. The van der Waals surface area contributed by atoms with Crippen molar-refractivity contribution in [1.82, 2.24) is 10.3 Å². The fourth-order valence-corrected chi connectivity index (χ4v) is 2.20. The number of aromatic nitrogens is 1. The van der Waals surface area contributed by atoms with E-state index in [9.17, 15) is 9.90 Å². The summed E-state index contributed by atoms with van der Waals surface area (Å²) in [5.41, 5.74) is 2.38. The fraction of sp³-hybridized carbons (Fsp3) is 0.0588. The molecule has 0 bridgehead atoms. The predicted molar refractivity (Wildman–Crippen MR) is 81.0 cm³/mol. The molecule has 0 aliphatic rings. The van der Waals surface area contributed by atoms with Gasteiger partial charge in [0.2, 0.25) is 0 Å². The summed E-state index contributed by atoms with van der Waals surface area (Å²) >= 11 is 0. The third-order valence-corrected chi connectivity index (χ3v) is 3.29. The van der Waals surface area contributed by atoms with E-state index in [-0.39, 0.29) is 11.7 Å². The first-order chi connectivity index (χ1) is 10.2. The highest BCUT2D eigenvalue weighted by Crippen LogP contribution is 2.16. The number of para-hydroxylation sites is 1. The Balaban J connectivity index is 1.77. The average Bonchev–Trinajstić information content (AvgIpc) is 2.53. The molecule has 1 amide bonds. The molecular weight excluding hydrogens is 264 g/mol. The molecule has 0 atom stereocenters. The molecule has 3 aromatic rings. The number of nitrogens with zero attached hydrogens (tertiary/aromatic N) is 1. The Hall–Kier alpha value is -2.88. The molecule has 0 radical (unpaired) electrons. The van der Waals surface area contributed by atoms with Crippen LogP contribution in [0.4, 0.5) is 0 Å². The molecule has 2 N–H and O–H groups in total. The van der Waals surface area contributed by atoms with E-state index in [1.807, 2.05) is 30.3 Å². The second-order valence-electron chi connectivity index (χ2n) is 4.72. The number of pyridine rings is 1. The summed E-state index contributed by atoms with van der Waals surface area (Å²) in [4.78, 5) is 16.4. The first-order valence-electron chi connectivity index (χ1n) is 6.64. The molecule has 3 rings (SSSR count). The molecule has 0 aliphatic heterocycles. The maximum absolute atomic E-state index is 12.1. The number of hydrogen-bond donors (Lipinski definition) is 2. The lowest BCUT2D eigenvalue weighted by atomic mass is 10.1. The van der Waals surface area contributed by atoms with Gasteiger partial charge in [-0.15, -0.1) is 0 Å². The Morgan fingerprint density at radius 1 is 1.05 bits per heavy atom. The van der Waals surface area contributed by atoms with Gasteiger partial charge in [0.05, 0.1) is 5.52 Å². The van der Waals surface area contributed by atoms with Crippen molar-refractivity contribution in [2.45, 2.75) is 6.54 Å². The van der Waals surface area contributed by atoms with Crippen LogP contribution in [0.5, 0.6) is 5.75 Å². The maximum atomic E-state index is 12.1. The predicted octanol–water partition coefficient (Wildman–Crippen LogP) is 2.87. The van der Waals surface area contributed by atoms with E-state index >= 15 is 0 Å².